The van der Waals surface area contributed by atoms with E-state index in [0.717, 1.165) is 16.9 Å². The van der Waals surface area contributed by atoms with E-state index in [0.29, 0.717) is 18.7 Å². The number of sulfonamides is 1. The first-order valence-electron chi connectivity index (χ1n) is 8.80. The summed E-state index contributed by atoms with van der Waals surface area (Å²) in [4.78, 5) is 14.4. The van der Waals surface area contributed by atoms with Crippen LogP contribution in [0.5, 0.6) is 5.75 Å². The van der Waals surface area contributed by atoms with E-state index in [-0.39, 0.29) is 17.3 Å². The number of nitrogens with zero attached hydrogens (tertiary/aromatic N) is 1. The monoisotopic (exact) mass is 390 g/mol. The Bertz CT molecular complexity index is 910. The lowest BCUT2D eigenvalue weighted by atomic mass is 10.1. The third-order valence-electron chi connectivity index (χ3n) is 4.21. The number of benzene rings is 2. The molecule has 0 aliphatic carbocycles. The van der Waals surface area contributed by atoms with E-state index in [2.05, 4.69) is 4.72 Å². The van der Waals surface area contributed by atoms with Crippen molar-refractivity contribution in [3.8, 4) is 5.75 Å². The topological polar surface area (TPSA) is 75.7 Å². The maximum atomic E-state index is 12.8. The summed E-state index contributed by atoms with van der Waals surface area (Å²) in [5.41, 5.74) is 2.12. The second-order valence-corrected chi connectivity index (χ2v) is 8.09. The minimum Gasteiger partial charge on any atom is -0.491 e. The smallest absolute Gasteiger partial charge is 0.254 e. The highest BCUT2D eigenvalue weighted by molar-refractivity contribution is 7.89. The van der Waals surface area contributed by atoms with Crippen LogP contribution in [0.1, 0.15) is 28.4 Å². The van der Waals surface area contributed by atoms with E-state index in [9.17, 15) is 13.2 Å². The minimum absolute atomic E-state index is 0.0860. The average molecular weight is 391 g/mol. The van der Waals surface area contributed by atoms with Crippen molar-refractivity contribution in [1.29, 1.82) is 0 Å². The zero-order valence-corrected chi connectivity index (χ0v) is 17.0. The number of carbonyl (C=O) groups excluding carboxylic acids is 1. The highest BCUT2D eigenvalue weighted by atomic mass is 32.2. The molecule has 0 aliphatic heterocycles. The van der Waals surface area contributed by atoms with E-state index >= 15 is 0 Å². The maximum Gasteiger partial charge on any atom is 0.254 e. The number of nitrogens with one attached hydrogen (secondary N) is 1. The lowest BCUT2D eigenvalue weighted by Gasteiger charge is -2.19. The molecule has 1 amide bonds. The van der Waals surface area contributed by atoms with Crippen molar-refractivity contribution in [3.05, 3.63) is 59.2 Å². The summed E-state index contributed by atoms with van der Waals surface area (Å²) in [6, 6.07) is 12.3. The summed E-state index contributed by atoms with van der Waals surface area (Å²) in [7, 11) is -1.94. The summed E-state index contributed by atoms with van der Waals surface area (Å²) in [6.45, 7) is 6.48. The Labute approximate surface area is 161 Å². The largest absolute Gasteiger partial charge is 0.491 e. The average Bonchev–Trinajstić information content (AvgIpc) is 2.62. The Morgan fingerprint density at radius 3 is 2.48 bits per heavy atom. The molecule has 0 fully saturated rings. The standard InChI is InChI=1S/C20H26N2O4S/c1-5-21-27(24,25)17-11-10-15(2)18(14-17)20(23)22(4)12-13-26-19-9-7-6-8-16(19)3/h6-11,14,21H,5,12-13H2,1-4H3. The summed E-state index contributed by atoms with van der Waals surface area (Å²) in [5.74, 6) is 0.544. The van der Waals surface area contributed by atoms with E-state index in [1.165, 1.54) is 17.0 Å². The summed E-state index contributed by atoms with van der Waals surface area (Å²) in [5, 5.41) is 0. The molecule has 0 bridgehead atoms. The molecule has 6 nitrogen and oxygen atoms in total. The molecule has 0 unspecified atom stereocenters. The molecule has 0 spiro atoms. The van der Waals surface area contributed by atoms with Gasteiger partial charge in [0.1, 0.15) is 12.4 Å². The molecule has 27 heavy (non-hydrogen) atoms. The zero-order valence-electron chi connectivity index (χ0n) is 16.2. The molecule has 7 heteroatoms. The first-order valence-corrected chi connectivity index (χ1v) is 10.3. The fourth-order valence-corrected chi connectivity index (χ4v) is 3.66. The van der Waals surface area contributed by atoms with Crippen LogP contribution in [-0.4, -0.2) is 46.0 Å². The lowest BCUT2D eigenvalue weighted by molar-refractivity contribution is 0.0772. The van der Waals surface area contributed by atoms with Crippen molar-refractivity contribution in [2.75, 3.05) is 26.7 Å². The quantitative estimate of drug-likeness (QED) is 0.752. The number of aryl methyl sites for hydroxylation is 2. The van der Waals surface area contributed by atoms with Gasteiger partial charge in [-0.1, -0.05) is 31.2 Å². The Kier molecular flexibility index (Phi) is 6.98. The van der Waals surface area contributed by atoms with Gasteiger partial charge >= 0.3 is 0 Å². The second kappa shape index (κ2) is 9.01. The minimum atomic E-state index is -3.61. The van der Waals surface area contributed by atoms with Crippen LogP contribution >= 0.6 is 0 Å². The van der Waals surface area contributed by atoms with Crippen LogP contribution in [0.3, 0.4) is 0 Å². The first kappa shape index (κ1) is 20.9. The lowest BCUT2D eigenvalue weighted by Crippen LogP contribution is -2.32. The highest BCUT2D eigenvalue weighted by Gasteiger charge is 2.19. The number of amides is 1. The number of hydrogen-bond donors (Lipinski definition) is 1. The Hall–Kier alpha value is -2.38. The maximum absolute atomic E-state index is 12.8. The number of likely N-dealkylation sites (N-methyl/N-ethyl adjacent to an activating group) is 1. The van der Waals surface area contributed by atoms with E-state index in [1.807, 2.05) is 31.2 Å². The van der Waals surface area contributed by atoms with Crippen molar-refractivity contribution in [1.82, 2.24) is 9.62 Å². The zero-order chi connectivity index (χ0) is 20.0. The molecule has 0 atom stereocenters. The predicted octanol–water partition coefficient (Wildman–Crippen LogP) is 2.75. The fourth-order valence-electron chi connectivity index (χ4n) is 2.59. The van der Waals surface area contributed by atoms with E-state index in [1.54, 1.807) is 27.0 Å². The molecule has 146 valence electrons. The van der Waals surface area contributed by atoms with Gasteiger partial charge < -0.3 is 9.64 Å². The van der Waals surface area contributed by atoms with Gasteiger partial charge in [-0.2, -0.15) is 0 Å². The van der Waals surface area contributed by atoms with Crippen molar-refractivity contribution in [2.45, 2.75) is 25.7 Å². The summed E-state index contributed by atoms with van der Waals surface area (Å²) in [6.07, 6.45) is 0. The van der Waals surface area contributed by atoms with Crippen molar-refractivity contribution in [2.24, 2.45) is 0 Å². The normalized spacial score (nSPS) is 11.3. The summed E-state index contributed by atoms with van der Waals surface area (Å²) >= 11 is 0. The number of hydrogen-bond acceptors (Lipinski definition) is 4. The third-order valence-corrected chi connectivity index (χ3v) is 5.75. The molecule has 2 aromatic rings. The summed E-state index contributed by atoms with van der Waals surface area (Å²) < 4.78 is 32.6. The highest BCUT2D eigenvalue weighted by Crippen LogP contribution is 2.18. The SMILES string of the molecule is CCNS(=O)(=O)c1ccc(C)c(C(=O)N(C)CCOc2ccccc2C)c1. The van der Waals surface area contributed by atoms with Gasteiger partial charge in [0.05, 0.1) is 11.4 Å². The predicted molar refractivity (Wildman–Crippen MR) is 106 cm³/mol. The van der Waals surface area contributed by atoms with Gasteiger partial charge in [-0.05, 0) is 43.2 Å². The van der Waals surface area contributed by atoms with Crippen LogP contribution in [0.15, 0.2) is 47.4 Å². The van der Waals surface area contributed by atoms with Crippen LogP contribution in [0, 0.1) is 13.8 Å². The van der Waals surface area contributed by atoms with Crippen molar-refractivity contribution in [3.63, 3.8) is 0 Å². The number of ether oxygens (including phenoxy) is 1. The molecule has 1 N–H and O–H groups in total. The first-order chi connectivity index (χ1) is 12.8. The molecule has 0 saturated heterocycles. The Morgan fingerprint density at radius 1 is 1.11 bits per heavy atom. The van der Waals surface area contributed by atoms with Crippen LogP contribution in [0.25, 0.3) is 0 Å². The number of para-hydroxylation sites is 1. The van der Waals surface area contributed by atoms with Crippen LogP contribution < -0.4 is 9.46 Å². The van der Waals surface area contributed by atoms with Gasteiger partial charge in [0.2, 0.25) is 10.0 Å². The van der Waals surface area contributed by atoms with Gasteiger partial charge in [0.15, 0.2) is 0 Å². The molecular weight excluding hydrogens is 364 g/mol. The molecule has 2 aromatic carbocycles. The van der Waals surface area contributed by atoms with Gasteiger partial charge in [0, 0.05) is 19.2 Å². The molecule has 0 aliphatic rings. The van der Waals surface area contributed by atoms with Crippen molar-refractivity contribution < 1.29 is 17.9 Å². The van der Waals surface area contributed by atoms with Crippen LogP contribution in [0.2, 0.25) is 0 Å². The fraction of sp³-hybridized carbons (Fsp3) is 0.350. The van der Waals surface area contributed by atoms with Gasteiger partial charge in [-0.25, -0.2) is 13.1 Å². The Balaban J connectivity index is 2.08. The molecule has 0 radical (unpaired) electrons. The van der Waals surface area contributed by atoms with Gasteiger partial charge in [-0.3, -0.25) is 4.79 Å². The third kappa shape index (κ3) is 5.30. The van der Waals surface area contributed by atoms with Gasteiger partial charge in [0.25, 0.3) is 5.91 Å². The second-order valence-electron chi connectivity index (χ2n) is 6.32. The number of rotatable bonds is 8. The van der Waals surface area contributed by atoms with Crippen molar-refractivity contribution >= 4 is 15.9 Å². The van der Waals surface area contributed by atoms with Gasteiger partial charge in [-0.15, -0.1) is 0 Å². The van der Waals surface area contributed by atoms with E-state index < -0.39 is 10.0 Å². The molecule has 2 rings (SSSR count). The molecular formula is C20H26N2O4S. The molecule has 0 aromatic heterocycles. The number of carbonyl (C=O) groups is 1. The molecule has 0 heterocycles. The van der Waals surface area contributed by atoms with Crippen LogP contribution in [-0.2, 0) is 10.0 Å². The Morgan fingerprint density at radius 2 is 1.81 bits per heavy atom. The van der Waals surface area contributed by atoms with E-state index in [4.69, 9.17) is 4.74 Å². The van der Waals surface area contributed by atoms with Crippen LogP contribution in [0.4, 0.5) is 0 Å². The molecule has 0 saturated carbocycles.